The van der Waals surface area contributed by atoms with E-state index in [9.17, 15) is 37.7 Å². The van der Waals surface area contributed by atoms with Gasteiger partial charge in [-0.05, 0) is 55.5 Å². The fourth-order valence-electron chi connectivity index (χ4n) is 4.46. The summed E-state index contributed by atoms with van der Waals surface area (Å²) in [6.45, 7) is 0.304. The normalized spacial score (nSPS) is 17.1. The molecular formula is C24H19F4N3O4. The van der Waals surface area contributed by atoms with E-state index in [-0.39, 0.29) is 34.1 Å². The monoisotopic (exact) mass is 489 g/mol. The number of benzene rings is 2. The molecule has 1 aliphatic carbocycles. The van der Waals surface area contributed by atoms with Crippen molar-refractivity contribution in [3.8, 4) is 11.8 Å². The molecule has 0 spiro atoms. The van der Waals surface area contributed by atoms with Crippen LogP contribution in [0.5, 0.6) is 0 Å². The number of alkyl halides is 3. The van der Waals surface area contributed by atoms with Crippen LogP contribution in [-0.4, -0.2) is 37.6 Å². The van der Waals surface area contributed by atoms with Gasteiger partial charge in [-0.15, -0.1) is 0 Å². The van der Waals surface area contributed by atoms with Crippen molar-refractivity contribution in [1.29, 1.82) is 0 Å². The SMILES string of the molecule is O=c1nc(N2CCCc3c(C#CC4(C(F)(F)F)CC4)cccc32)c2c(F)cccc2n1C(O)(O)O. The molecule has 35 heavy (non-hydrogen) atoms. The van der Waals surface area contributed by atoms with E-state index in [4.69, 9.17) is 0 Å². The molecule has 11 heteroatoms. The molecule has 1 saturated carbocycles. The van der Waals surface area contributed by atoms with Crippen molar-refractivity contribution in [3.05, 3.63) is 63.8 Å². The summed E-state index contributed by atoms with van der Waals surface area (Å²) in [5.41, 5.74) is -1.99. The van der Waals surface area contributed by atoms with Gasteiger partial charge in [0.25, 0.3) is 0 Å². The molecule has 2 aliphatic rings. The van der Waals surface area contributed by atoms with Gasteiger partial charge in [0, 0.05) is 17.8 Å². The van der Waals surface area contributed by atoms with Crippen LogP contribution < -0.4 is 10.6 Å². The number of hydrogen-bond donors (Lipinski definition) is 3. The smallest absolute Gasteiger partial charge is 0.325 e. The fraction of sp³-hybridized carbons (Fsp3) is 0.333. The fourth-order valence-corrected chi connectivity index (χ4v) is 4.46. The Kier molecular flexibility index (Phi) is 5.17. The largest absolute Gasteiger partial charge is 0.405 e. The predicted octanol–water partition coefficient (Wildman–Crippen LogP) is 2.86. The van der Waals surface area contributed by atoms with Gasteiger partial charge in [-0.2, -0.15) is 18.2 Å². The van der Waals surface area contributed by atoms with Crippen molar-refractivity contribution in [2.24, 2.45) is 5.41 Å². The van der Waals surface area contributed by atoms with Crippen LogP contribution in [0.1, 0.15) is 30.4 Å². The maximum atomic E-state index is 15.0. The number of anilines is 2. The molecule has 0 unspecified atom stereocenters. The summed E-state index contributed by atoms with van der Waals surface area (Å²) in [5.74, 6) is 4.14. The third-order valence-corrected chi connectivity index (χ3v) is 6.38. The van der Waals surface area contributed by atoms with Gasteiger partial charge >= 0.3 is 18.0 Å². The second-order valence-corrected chi connectivity index (χ2v) is 8.68. The highest BCUT2D eigenvalue weighted by molar-refractivity contribution is 5.93. The maximum absolute atomic E-state index is 15.0. The molecule has 5 rings (SSSR count). The van der Waals surface area contributed by atoms with Crippen LogP contribution in [0.3, 0.4) is 0 Å². The standard InChI is InChI=1S/C24H19F4N3O4/c25-16-6-2-8-18-19(16)20(29-21(32)31(18)24(33,34)35)30-13-3-5-15-14(4-1-7-17(15)30)9-10-22(11-12-22)23(26,27)28/h1-2,4,6-8,33-35H,3,5,11-13H2. The first-order valence-electron chi connectivity index (χ1n) is 10.8. The molecule has 0 bridgehead atoms. The molecule has 0 atom stereocenters. The predicted molar refractivity (Wildman–Crippen MR) is 117 cm³/mol. The maximum Gasteiger partial charge on any atom is 0.405 e. The number of halogens is 4. The summed E-state index contributed by atoms with van der Waals surface area (Å²) < 4.78 is 55.1. The summed E-state index contributed by atoms with van der Waals surface area (Å²) in [5, 5.41) is 28.7. The summed E-state index contributed by atoms with van der Waals surface area (Å²) in [6.07, 6.45) is -7.10. The van der Waals surface area contributed by atoms with E-state index >= 15 is 0 Å². The van der Waals surface area contributed by atoms with Crippen molar-refractivity contribution in [2.75, 3.05) is 11.4 Å². The summed E-state index contributed by atoms with van der Waals surface area (Å²) in [6, 6.07) is 8.44. The average molecular weight is 489 g/mol. The molecule has 7 nitrogen and oxygen atoms in total. The Morgan fingerprint density at radius 2 is 1.77 bits per heavy atom. The van der Waals surface area contributed by atoms with Crippen molar-refractivity contribution in [2.45, 2.75) is 38.0 Å². The first-order valence-corrected chi connectivity index (χ1v) is 10.8. The average Bonchev–Trinajstić information content (AvgIpc) is 3.57. The van der Waals surface area contributed by atoms with Crippen molar-refractivity contribution in [3.63, 3.8) is 0 Å². The number of rotatable bonds is 2. The summed E-state index contributed by atoms with van der Waals surface area (Å²) >= 11 is 0. The van der Waals surface area contributed by atoms with Gasteiger partial charge in [0.15, 0.2) is 5.82 Å². The number of aliphatic hydroxyl groups is 3. The van der Waals surface area contributed by atoms with Crippen molar-refractivity contribution in [1.82, 2.24) is 9.55 Å². The Morgan fingerprint density at radius 1 is 1.06 bits per heavy atom. The molecule has 1 fully saturated rings. The highest BCUT2D eigenvalue weighted by Gasteiger charge is 2.62. The van der Waals surface area contributed by atoms with Crippen molar-refractivity contribution < 1.29 is 32.9 Å². The van der Waals surface area contributed by atoms with E-state index in [1.807, 2.05) is 0 Å². The Hall–Kier alpha value is -3.46. The van der Waals surface area contributed by atoms with E-state index in [1.54, 1.807) is 23.1 Å². The topological polar surface area (TPSA) is 98.8 Å². The Balaban J connectivity index is 1.68. The van der Waals surface area contributed by atoms with Crippen LogP contribution in [0, 0.1) is 23.1 Å². The quantitative estimate of drug-likeness (QED) is 0.291. The van der Waals surface area contributed by atoms with E-state index in [2.05, 4.69) is 16.8 Å². The molecule has 3 aromatic rings. The molecule has 0 saturated heterocycles. The Morgan fingerprint density at radius 3 is 2.43 bits per heavy atom. The molecule has 1 aliphatic heterocycles. The lowest BCUT2D eigenvalue weighted by molar-refractivity contribution is -0.374. The van der Waals surface area contributed by atoms with Crippen LogP contribution in [-0.2, 0) is 12.5 Å². The lowest BCUT2D eigenvalue weighted by atomic mass is 9.95. The summed E-state index contributed by atoms with van der Waals surface area (Å²) in [4.78, 5) is 18.0. The molecule has 1 aromatic heterocycles. The first-order chi connectivity index (χ1) is 16.4. The van der Waals surface area contributed by atoms with E-state index in [1.165, 1.54) is 12.1 Å². The third-order valence-electron chi connectivity index (χ3n) is 6.38. The molecule has 2 aromatic carbocycles. The van der Waals surface area contributed by atoms with Crippen LogP contribution in [0.2, 0.25) is 0 Å². The lowest BCUT2D eigenvalue weighted by Gasteiger charge is -2.32. The second-order valence-electron chi connectivity index (χ2n) is 8.68. The minimum absolute atomic E-state index is 0.0435. The summed E-state index contributed by atoms with van der Waals surface area (Å²) in [7, 11) is 0. The molecule has 2 heterocycles. The van der Waals surface area contributed by atoms with Crippen LogP contribution in [0.4, 0.5) is 29.1 Å². The van der Waals surface area contributed by atoms with Gasteiger partial charge < -0.3 is 20.2 Å². The number of hydrogen-bond acceptors (Lipinski definition) is 6. The van der Waals surface area contributed by atoms with Crippen molar-refractivity contribution >= 4 is 22.4 Å². The molecular weight excluding hydrogens is 470 g/mol. The molecule has 3 N–H and O–H groups in total. The zero-order valence-electron chi connectivity index (χ0n) is 18.1. The Labute approximate surface area is 195 Å². The number of aromatic nitrogens is 2. The minimum Gasteiger partial charge on any atom is -0.325 e. The highest BCUT2D eigenvalue weighted by Crippen LogP contribution is 2.57. The van der Waals surface area contributed by atoms with Gasteiger partial charge in [-0.25, -0.2) is 13.8 Å². The molecule has 0 amide bonds. The van der Waals surface area contributed by atoms with Crippen LogP contribution in [0.15, 0.2) is 41.2 Å². The van der Waals surface area contributed by atoms with Crippen LogP contribution >= 0.6 is 0 Å². The van der Waals surface area contributed by atoms with Gasteiger partial charge in [0.05, 0.1) is 10.9 Å². The van der Waals surface area contributed by atoms with Gasteiger partial charge in [0.1, 0.15) is 11.2 Å². The van der Waals surface area contributed by atoms with Gasteiger partial charge in [0.2, 0.25) is 0 Å². The van der Waals surface area contributed by atoms with E-state index in [0.717, 1.165) is 6.07 Å². The van der Waals surface area contributed by atoms with E-state index in [0.29, 0.717) is 36.2 Å². The molecule has 0 radical (unpaired) electrons. The lowest BCUT2D eigenvalue weighted by Crippen LogP contribution is -2.43. The van der Waals surface area contributed by atoms with Gasteiger partial charge in [-0.1, -0.05) is 24.0 Å². The third kappa shape index (κ3) is 3.83. The minimum atomic E-state index is -4.41. The van der Waals surface area contributed by atoms with E-state index < -0.39 is 29.2 Å². The zero-order valence-corrected chi connectivity index (χ0v) is 18.1. The van der Waals surface area contributed by atoms with Gasteiger partial charge in [-0.3, -0.25) is 0 Å². The van der Waals surface area contributed by atoms with Crippen LogP contribution in [0.25, 0.3) is 10.9 Å². The highest BCUT2D eigenvalue weighted by atomic mass is 19.4. The first kappa shape index (κ1) is 23.3. The number of nitrogens with zero attached hydrogens (tertiary/aromatic N) is 3. The number of fused-ring (bicyclic) bond motifs is 2. The molecule has 182 valence electrons. The zero-order chi connectivity index (χ0) is 25.2. The Bertz CT molecular complexity index is 1460. The second kappa shape index (κ2) is 7.78.